The summed E-state index contributed by atoms with van der Waals surface area (Å²) < 4.78 is 0. The maximum Gasteiger partial charge on any atom is 0.323 e. The molecule has 148 valence electrons. The minimum absolute atomic E-state index is 0.0766. The Balaban J connectivity index is 2.53. The second-order valence-electron chi connectivity index (χ2n) is 8.94. The molecule has 1 fully saturated rings. The summed E-state index contributed by atoms with van der Waals surface area (Å²) in [6.45, 7) is 13.1. The molecule has 0 amide bonds. The van der Waals surface area contributed by atoms with E-state index in [2.05, 4.69) is 41.5 Å². The highest BCUT2D eigenvalue weighted by Gasteiger charge is 2.27. The van der Waals surface area contributed by atoms with Crippen molar-refractivity contribution in [2.45, 2.75) is 52.4 Å². The number of carboxylic acid groups (broad SMARTS) is 1. The SMILES string of the molecule is CC(C)(C)c1cc(C=C2SCCN(CC(=O)O)C2=S)cc(C(C)(C)C)c1O. The summed E-state index contributed by atoms with van der Waals surface area (Å²) in [5.41, 5.74) is 2.37. The highest BCUT2D eigenvalue weighted by molar-refractivity contribution is 8.05. The average Bonchev–Trinajstić information content (AvgIpc) is 2.50. The largest absolute Gasteiger partial charge is 0.507 e. The van der Waals surface area contributed by atoms with E-state index in [1.807, 2.05) is 18.2 Å². The number of carbonyl (C=O) groups is 1. The fraction of sp³-hybridized carbons (Fsp3) is 0.524. The molecule has 27 heavy (non-hydrogen) atoms. The standard InChI is InChI=1S/C21H29NO3S2/c1-20(2,3)14-9-13(10-15(18(14)25)21(4,5)6)11-16-19(26)22(7-8-27-16)12-17(23)24/h9-11,25H,7-8,12H2,1-6H3,(H,23,24). The van der Waals surface area contributed by atoms with Gasteiger partial charge in [-0.15, -0.1) is 11.8 Å². The van der Waals surface area contributed by atoms with Crippen LogP contribution in [-0.2, 0) is 15.6 Å². The summed E-state index contributed by atoms with van der Waals surface area (Å²) >= 11 is 7.18. The van der Waals surface area contributed by atoms with Crippen molar-refractivity contribution >= 4 is 41.0 Å². The molecule has 0 bridgehead atoms. The van der Waals surface area contributed by atoms with E-state index in [0.717, 1.165) is 27.3 Å². The van der Waals surface area contributed by atoms with Gasteiger partial charge >= 0.3 is 5.97 Å². The van der Waals surface area contributed by atoms with Crippen LogP contribution in [0.4, 0.5) is 0 Å². The topological polar surface area (TPSA) is 60.8 Å². The Morgan fingerprint density at radius 1 is 1.19 bits per heavy atom. The van der Waals surface area contributed by atoms with Gasteiger partial charge in [-0.25, -0.2) is 0 Å². The van der Waals surface area contributed by atoms with Crippen molar-refractivity contribution in [3.05, 3.63) is 33.7 Å². The number of thioether (sulfide) groups is 1. The Hall–Kier alpha value is -1.53. The number of rotatable bonds is 3. The maximum absolute atomic E-state index is 11.1. The van der Waals surface area contributed by atoms with Crippen LogP contribution in [0.1, 0.15) is 58.2 Å². The zero-order valence-electron chi connectivity index (χ0n) is 16.9. The van der Waals surface area contributed by atoms with Gasteiger partial charge in [0.2, 0.25) is 0 Å². The summed E-state index contributed by atoms with van der Waals surface area (Å²) in [5.74, 6) is 0.275. The zero-order valence-corrected chi connectivity index (χ0v) is 18.6. The number of aliphatic carboxylic acids is 1. The van der Waals surface area contributed by atoms with Gasteiger partial charge in [0.05, 0.1) is 0 Å². The quantitative estimate of drug-likeness (QED) is 0.555. The molecule has 1 saturated heterocycles. The molecule has 0 radical (unpaired) electrons. The number of thiocarbonyl (C=S) groups is 1. The monoisotopic (exact) mass is 407 g/mol. The Morgan fingerprint density at radius 2 is 1.70 bits per heavy atom. The van der Waals surface area contributed by atoms with Gasteiger partial charge in [0, 0.05) is 28.3 Å². The predicted octanol–water partition coefficient (Wildman–Crippen LogP) is 4.79. The van der Waals surface area contributed by atoms with Crippen LogP contribution in [-0.4, -0.2) is 44.9 Å². The van der Waals surface area contributed by atoms with Gasteiger partial charge in [-0.05, 0) is 34.6 Å². The molecule has 0 aromatic heterocycles. The van der Waals surface area contributed by atoms with Crippen molar-refractivity contribution in [3.63, 3.8) is 0 Å². The summed E-state index contributed by atoms with van der Waals surface area (Å²) in [7, 11) is 0. The average molecular weight is 408 g/mol. The third-order valence-corrected chi connectivity index (χ3v) is 6.11. The van der Waals surface area contributed by atoms with E-state index in [-0.39, 0.29) is 17.4 Å². The van der Waals surface area contributed by atoms with E-state index < -0.39 is 5.97 Å². The number of nitrogens with zero attached hydrogens (tertiary/aromatic N) is 1. The lowest BCUT2D eigenvalue weighted by Crippen LogP contribution is -2.39. The predicted molar refractivity (Wildman–Crippen MR) is 118 cm³/mol. The Bertz CT molecular complexity index is 751. The second kappa shape index (κ2) is 7.84. The molecule has 2 rings (SSSR count). The van der Waals surface area contributed by atoms with Gasteiger partial charge in [-0.3, -0.25) is 4.79 Å². The smallest absolute Gasteiger partial charge is 0.323 e. The number of benzene rings is 1. The van der Waals surface area contributed by atoms with Crippen molar-refractivity contribution in [1.29, 1.82) is 0 Å². The Morgan fingerprint density at radius 3 is 2.15 bits per heavy atom. The van der Waals surface area contributed by atoms with Crippen molar-refractivity contribution in [1.82, 2.24) is 4.90 Å². The molecule has 0 atom stereocenters. The van der Waals surface area contributed by atoms with Crippen molar-refractivity contribution < 1.29 is 15.0 Å². The zero-order chi connectivity index (χ0) is 20.6. The first kappa shape index (κ1) is 21.8. The van der Waals surface area contributed by atoms with Crippen LogP contribution in [0, 0.1) is 0 Å². The van der Waals surface area contributed by atoms with Gasteiger partial charge < -0.3 is 15.1 Å². The number of hydrogen-bond donors (Lipinski definition) is 2. The highest BCUT2D eigenvalue weighted by atomic mass is 32.2. The molecule has 2 N–H and O–H groups in total. The van der Waals surface area contributed by atoms with Crippen LogP contribution in [0.2, 0.25) is 0 Å². The lowest BCUT2D eigenvalue weighted by atomic mass is 9.78. The first-order valence-electron chi connectivity index (χ1n) is 9.04. The van der Waals surface area contributed by atoms with Crippen molar-refractivity contribution in [2.24, 2.45) is 0 Å². The van der Waals surface area contributed by atoms with E-state index in [9.17, 15) is 9.90 Å². The van der Waals surface area contributed by atoms with Crippen LogP contribution >= 0.6 is 24.0 Å². The summed E-state index contributed by atoms with van der Waals surface area (Å²) in [5, 5.41) is 19.9. The molecule has 1 aliphatic rings. The number of phenols is 1. The minimum Gasteiger partial charge on any atom is -0.507 e. The molecule has 4 nitrogen and oxygen atoms in total. The molecule has 0 unspecified atom stereocenters. The highest BCUT2D eigenvalue weighted by Crippen LogP contribution is 2.40. The number of hydrogen-bond acceptors (Lipinski definition) is 4. The van der Waals surface area contributed by atoms with Gasteiger partial charge in [0.25, 0.3) is 0 Å². The van der Waals surface area contributed by atoms with Gasteiger partial charge in [0.15, 0.2) is 0 Å². The maximum atomic E-state index is 11.1. The molecule has 6 heteroatoms. The molecule has 0 saturated carbocycles. The van der Waals surface area contributed by atoms with Gasteiger partial charge in [0.1, 0.15) is 17.3 Å². The molecular formula is C21H29NO3S2. The van der Waals surface area contributed by atoms with E-state index in [0.29, 0.717) is 17.3 Å². The van der Waals surface area contributed by atoms with Crippen molar-refractivity contribution in [2.75, 3.05) is 18.8 Å². The normalized spacial score (nSPS) is 17.5. The molecule has 1 aromatic carbocycles. The Labute approximate surface area is 171 Å². The molecule has 1 heterocycles. The lowest BCUT2D eigenvalue weighted by molar-refractivity contribution is -0.137. The number of phenolic OH excluding ortho intramolecular Hbond substituents is 1. The molecule has 0 aliphatic carbocycles. The minimum atomic E-state index is -0.877. The molecule has 1 aromatic rings. The van der Waals surface area contributed by atoms with Gasteiger partial charge in [-0.2, -0.15) is 0 Å². The van der Waals surface area contributed by atoms with E-state index in [1.54, 1.807) is 16.7 Å². The summed E-state index contributed by atoms with van der Waals surface area (Å²) in [6.07, 6.45) is 2.02. The van der Waals surface area contributed by atoms with E-state index >= 15 is 0 Å². The number of carboxylic acids is 1. The molecule has 1 aliphatic heterocycles. The fourth-order valence-electron chi connectivity index (χ4n) is 3.04. The first-order chi connectivity index (χ1) is 12.3. The van der Waals surface area contributed by atoms with Crippen molar-refractivity contribution in [3.8, 4) is 5.75 Å². The van der Waals surface area contributed by atoms with Crippen LogP contribution in [0.15, 0.2) is 17.0 Å². The van der Waals surface area contributed by atoms with Crippen LogP contribution in [0.5, 0.6) is 5.75 Å². The van der Waals surface area contributed by atoms with Crippen LogP contribution < -0.4 is 0 Å². The molecule has 0 spiro atoms. The molecular weight excluding hydrogens is 378 g/mol. The van der Waals surface area contributed by atoms with Crippen LogP contribution in [0.3, 0.4) is 0 Å². The van der Waals surface area contributed by atoms with E-state index in [1.165, 1.54) is 0 Å². The third kappa shape index (κ3) is 5.26. The lowest BCUT2D eigenvalue weighted by Gasteiger charge is -2.30. The Kier molecular flexibility index (Phi) is 6.32. The second-order valence-corrected chi connectivity index (χ2v) is 10.5. The third-order valence-electron chi connectivity index (χ3n) is 4.49. The fourth-order valence-corrected chi connectivity index (χ4v) is 4.43. The van der Waals surface area contributed by atoms with Gasteiger partial charge in [-0.1, -0.05) is 53.8 Å². The summed E-state index contributed by atoms with van der Waals surface area (Å²) in [6, 6.07) is 4.02. The van der Waals surface area contributed by atoms with E-state index in [4.69, 9.17) is 17.3 Å². The summed E-state index contributed by atoms with van der Waals surface area (Å²) in [4.78, 5) is 14.3. The number of aromatic hydroxyl groups is 1. The van der Waals surface area contributed by atoms with Crippen LogP contribution in [0.25, 0.3) is 6.08 Å². The first-order valence-corrected chi connectivity index (χ1v) is 10.4.